The Kier molecular flexibility index (Phi) is 6.07. The first kappa shape index (κ1) is 18.4. The Morgan fingerprint density at radius 2 is 2.20 bits per heavy atom. The number of aryl methyl sites for hydroxylation is 2. The number of hydrogen-bond acceptors (Lipinski definition) is 6. The highest BCUT2D eigenvalue weighted by Gasteiger charge is 2.18. The third kappa shape index (κ3) is 5.01. The smallest absolute Gasteiger partial charge is 0.292 e. The minimum atomic E-state index is -1.26. The van der Waals surface area contributed by atoms with E-state index >= 15 is 0 Å². The molecule has 0 aliphatic carbocycles. The number of nitro benzene ring substituents is 1. The second kappa shape index (κ2) is 8.25. The first-order chi connectivity index (χ1) is 11.9. The maximum Gasteiger partial charge on any atom is 0.292 e. The summed E-state index contributed by atoms with van der Waals surface area (Å²) in [6.07, 6.45) is 2.29. The fourth-order valence-corrected chi connectivity index (χ4v) is 2.29. The van der Waals surface area contributed by atoms with Gasteiger partial charge in [-0.05, 0) is 25.0 Å². The van der Waals surface area contributed by atoms with Gasteiger partial charge in [0.15, 0.2) is 6.10 Å². The van der Waals surface area contributed by atoms with Crippen LogP contribution in [0.4, 0.5) is 11.4 Å². The molecule has 2 rings (SSSR count). The number of aromatic nitrogens is 2. The van der Waals surface area contributed by atoms with Crippen molar-refractivity contribution in [3.63, 3.8) is 0 Å². The maximum absolute atomic E-state index is 11.9. The summed E-state index contributed by atoms with van der Waals surface area (Å²) in [5, 5.41) is 30.5. The molecule has 2 aromatic rings. The van der Waals surface area contributed by atoms with Crippen LogP contribution in [0.1, 0.15) is 23.7 Å². The van der Waals surface area contributed by atoms with E-state index in [9.17, 15) is 20.0 Å². The van der Waals surface area contributed by atoms with Gasteiger partial charge in [0.2, 0.25) is 0 Å². The second-order valence-corrected chi connectivity index (χ2v) is 5.70. The Balaban J connectivity index is 1.76. The molecule has 0 radical (unpaired) electrons. The number of hydrogen-bond donors (Lipinski definition) is 3. The van der Waals surface area contributed by atoms with E-state index in [1.54, 1.807) is 32.3 Å². The van der Waals surface area contributed by atoms with Gasteiger partial charge in [0, 0.05) is 38.0 Å². The number of aliphatic hydroxyl groups excluding tert-OH is 1. The second-order valence-electron chi connectivity index (χ2n) is 5.70. The van der Waals surface area contributed by atoms with Gasteiger partial charge >= 0.3 is 0 Å². The lowest BCUT2D eigenvalue weighted by molar-refractivity contribution is -0.384. The van der Waals surface area contributed by atoms with Crippen LogP contribution in [0.25, 0.3) is 0 Å². The number of carbonyl (C=O) groups excluding carboxylic acids is 1. The Morgan fingerprint density at radius 1 is 1.44 bits per heavy atom. The summed E-state index contributed by atoms with van der Waals surface area (Å²) in [5.41, 5.74) is 1.70. The highest BCUT2D eigenvalue weighted by atomic mass is 16.6. The van der Waals surface area contributed by atoms with Gasteiger partial charge in [0.1, 0.15) is 5.69 Å². The highest BCUT2D eigenvalue weighted by molar-refractivity contribution is 5.81. The van der Waals surface area contributed by atoms with Crippen LogP contribution < -0.4 is 10.6 Å². The molecular weight excluding hydrogens is 326 g/mol. The van der Waals surface area contributed by atoms with Gasteiger partial charge in [-0.15, -0.1) is 0 Å². The first-order valence-corrected chi connectivity index (χ1v) is 7.81. The van der Waals surface area contributed by atoms with Crippen molar-refractivity contribution in [1.82, 2.24) is 15.1 Å². The summed E-state index contributed by atoms with van der Waals surface area (Å²) in [5.74, 6) is -0.505. The number of carbonyl (C=O) groups is 1. The zero-order valence-electron chi connectivity index (χ0n) is 14.1. The molecule has 1 amide bonds. The lowest BCUT2D eigenvalue weighted by atomic mass is 10.2. The predicted octanol–water partition coefficient (Wildman–Crippen LogP) is 1.29. The molecule has 134 valence electrons. The quantitative estimate of drug-likeness (QED) is 0.376. The van der Waals surface area contributed by atoms with Gasteiger partial charge in [-0.25, -0.2) is 0 Å². The Hall–Kier alpha value is -2.94. The largest absolute Gasteiger partial charge is 0.379 e. The number of benzene rings is 1. The highest BCUT2D eigenvalue weighted by Crippen LogP contribution is 2.25. The van der Waals surface area contributed by atoms with E-state index in [1.807, 2.05) is 0 Å². The minimum absolute atomic E-state index is 0.0241. The van der Waals surface area contributed by atoms with Crippen LogP contribution in [0.5, 0.6) is 0 Å². The first-order valence-electron chi connectivity index (χ1n) is 7.81. The van der Waals surface area contributed by atoms with Crippen molar-refractivity contribution in [2.45, 2.75) is 19.4 Å². The third-order valence-electron chi connectivity index (χ3n) is 3.61. The molecule has 25 heavy (non-hydrogen) atoms. The third-order valence-corrected chi connectivity index (χ3v) is 3.61. The molecule has 1 aromatic carbocycles. The normalized spacial score (nSPS) is 11.8. The number of amides is 1. The molecule has 9 heteroatoms. The van der Waals surface area contributed by atoms with Crippen LogP contribution in [0.2, 0.25) is 0 Å². The average molecular weight is 347 g/mol. The fourth-order valence-electron chi connectivity index (χ4n) is 2.29. The average Bonchev–Trinajstić information content (AvgIpc) is 3.01. The summed E-state index contributed by atoms with van der Waals surface area (Å²) in [7, 11) is 1.70. The van der Waals surface area contributed by atoms with Crippen LogP contribution in [0.15, 0.2) is 30.6 Å². The van der Waals surface area contributed by atoms with Crippen LogP contribution in [0.3, 0.4) is 0 Å². The van der Waals surface area contributed by atoms with Crippen LogP contribution in [-0.4, -0.2) is 38.8 Å². The van der Waals surface area contributed by atoms with Gasteiger partial charge in [0.05, 0.1) is 11.1 Å². The van der Waals surface area contributed by atoms with E-state index in [0.29, 0.717) is 30.8 Å². The molecular formula is C16H21N5O4. The van der Waals surface area contributed by atoms with Crippen molar-refractivity contribution in [2.24, 2.45) is 7.05 Å². The lowest BCUT2D eigenvalue weighted by Gasteiger charge is -2.11. The summed E-state index contributed by atoms with van der Waals surface area (Å²) >= 11 is 0. The predicted molar refractivity (Wildman–Crippen MR) is 92.1 cm³/mol. The standard InChI is InChI=1S/C16H21N5O4/c1-11-4-5-13(14(8-11)21(24)25)17-6-3-7-18-16(23)15(22)12-9-19-20(2)10-12/h4-5,8-10,15,17,22H,3,6-7H2,1-2H3,(H,18,23). The molecule has 1 aromatic heterocycles. The van der Waals surface area contributed by atoms with Crippen molar-refractivity contribution in [3.8, 4) is 0 Å². The number of rotatable bonds is 8. The maximum atomic E-state index is 11.9. The van der Waals surface area contributed by atoms with Crippen molar-refractivity contribution < 1.29 is 14.8 Å². The topological polar surface area (TPSA) is 122 Å². The van der Waals surface area contributed by atoms with E-state index in [4.69, 9.17) is 0 Å². The summed E-state index contributed by atoms with van der Waals surface area (Å²) in [4.78, 5) is 22.5. The van der Waals surface area contributed by atoms with Crippen LogP contribution >= 0.6 is 0 Å². The number of nitrogens with zero attached hydrogens (tertiary/aromatic N) is 3. The summed E-state index contributed by atoms with van der Waals surface area (Å²) in [6, 6.07) is 4.97. The molecule has 1 unspecified atom stereocenters. The number of aliphatic hydroxyl groups is 1. The molecule has 1 atom stereocenters. The molecule has 0 saturated carbocycles. The Labute approximate surface area is 144 Å². The van der Waals surface area contributed by atoms with E-state index < -0.39 is 16.9 Å². The molecule has 0 saturated heterocycles. The van der Waals surface area contributed by atoms with Gasteiger partial charge in [0.25, 0.3) is 11.6 Å². The van der Waals surface area contributed by atoms with E-state index in [1.165, 1.54) is 16.9 Å². The molecule has 0 aliphatic rings. The number of nitro groups is 1. The van der Waals surface area contributed by atoms with Crippen molar-refractivity contribution >= 4 is 17.3 Å². The minimum Gasteiger partial charge on any atom is -0.379 e. The van der Waals surface area contributed by atoms with Crippen LogP contribution in [-0.2, 0) is 11.8 Å². The molecule has 3 N–H and O–H groups in total. The molecule has 0 aliphatic heterocycles. The van der Waals surface area contributed by atoms with Crippen LogP contribution in [0, 0.1) is 17.0 Å². The summed E-state index contributed by atoms with van der Waals surface area (Å²) < 4.78 is 1.50. The van der Waals surface area contributed by atoms with Crippen molar-refractivity contribution in [2.75, 3.05) is 18.4 Å². The lowest BCUT2D eigenvalue weighted by Crippen LogP contribution is -2.30. The number of nitrogens with one attached hydrogen (secondary N) is 2. The zero-order valence-corrected chi connectivity index (χ0v) is 14.1. The molecule has 0 fully saturated rings. The van der Waals surface area contributed by atoms with Crippen molar-refractivity contribution in [3.05, 3.63) is 51.8 Å². The fraction of sp³-hybridized carbons (Fsp3) is 0.375. The van der Waals surface area contributed by atoms with Gasteiger partial charge in [-0.1, -0.05) is 6.07 Å². The molecule has 0 spiro atoms. The zero-order chi connectivity index (χ0) is 18.4. The Bertz CT molecular complexity index is 759. The van der Waals surface area contributed by atoms with E-state index in [-0.39, 0.29) is 5.69 Å². The van der Waals surface area contributed by atoms with E-state index in [2.05, 4.69) is 15.7 Å². The van der Waals surface area contributed by atoms with Gasteiger partial charge in [-0.2, -0.15) is 5.10 Å². The van der Waals surface area contributed by atoms with Crippen molar-refractivity contribution in [1.29, 1.82) is 0 Å². The monoisotopic (exact) mass is 347 g/mol. The summed E-state index contributed by atoms with van der Waals surface area (Å²) in [6.45, 7) is 2.58. The molecule has 1 heterocycles. The SMILES string of the molecule is Cc1ccc(NCCCNC(=O)C(O)c2cnn(C)c2)c([N+](=O)[O-])c1. The van der Waals surface area contributed by atoms with Gasteiger partial charge in [-0.3, -0.25) is 19.6 Å². The van der Waals surface area contributed by atoms with E-state index in [0.717, 1.165) is 5.56 Å². The molecule has 0 bridgehead atoms. The van der Waals surface area contributed by atoms with Gasteiger partial charge < -0.3 is 15.7 Å². The number of anilines is 1. The molecule has 9 nitrogen and oxygen atoms in total. The Morgan fingerprint density at radius 3 is 2.84 bits per heavy atom.